The van der Waals surface area contributed by atoms with Gasteiger partial charge < -0.3 is 19.4 Å². The van der Waals surface area contributed by atoms with Crippen LogP contribution >= 0.6 is 0 Å². The Labute approximate surface area is 141 Å². The van der Waals surface area contributed by atoms with E-state index in [4.69, 9.17) is 9.73 Å². The van der Waals surface area contributed by atoms with Crippen LogP contribution in [0.5, 0.6) is 5.75 Å². The molecule has 1 saturated heterocycles. The van der Waals surface area contributed by atoms with Gasteiger partial charge in [0.1, 0.15) is 29.6 Å². The number of nitrogens with zero attached hydrogens (tertiary/aromatic N) is 5. The molecule has 4 rings (SSSR count). The molecular formula is C17H22FN5O. The summed E-state index contributed by atoms with van der Waals surface area (Å²) in [4.78, 5) is 15.5. The van der Waals surface area contributed by atoms with E-state index in [1.54, 1.807) is 11.8 Å². The second-order valence-electron chi connectivity index (χ2n) is 6.89. The third-order valence-corrected chi connectivity index (χ3v) is 5.04. The number of aliphatic imine (C=N–C) groups is 1. The van der Waals surface area contributed by atoms with E-state index in [1.807, 2.05) is 7.05 Å². The van der Waals surface area contributed by atoms with Gasteiger partial charge in [-0.25, -0.2) is 14.4 Å². The normalized spacial score (nSPS) is 26.4. The summed E-state index contributed by atoms with van der Waals surface area (Å²) in [6.45, 7) is 10.1. The highest BCUT2D eigenvalue weighted by Crippen LogP contribution is 2.40. The second kappa shape index (κ2) is 5.17. The first-order valence-corrected chi connectivity index (χ1v) is 8.20. The summed E-state index contributed by atoms with van der Waals surface area (Å²) in [7, 11) is 3.94. The first-order chi connectivity index (χ1) is 11.4. The van der Waals surface area contributed by atoms with Gasteiger partial charge in [-0.2, -0.15) is 0 Å². The Bertz CT molecular complexity index is 762. The zero-order chi connectivity index (χ0) is 17.2. The van der Waals surface area contributed by atoms with Crippen molar-refractivity contribution in [1.82, 2.24) is 14.8 Å². The van der Waals surface area contributed by atoms with Gasteiger partial charge in [0.2, 0.25) is 0 Å². The summed E-state index contributed by atoms with van der Waals surface area (Å²) in [6, 6.07) is 0.365. The maximum atomic E-state index is 14.7. The summed E-state index contributed by atoms with van der Waals surface area (Å²) in [5.41, 5.74) is 0.974. The lowest BCUT2D eigenvalue weighted by Crippen LogP contribution is -2.60. The van der Waals surface area contributed by atoms with Crippen LogP contribution in [-0.4, -0.2) is 66.5 Å². The Kier molecular flexibility index (Phi) is 3.32. The molecule has 0 spiro atoms. The lowest BCUT2D eigenvalue weighted by molar-refractivity contribution is 0.0757. The number of fused-ring (bicyclic) bond motifs is 2. The van der Waals surface area contributed by atoms with E-state index >= 15 is 0 Å². The van der Waals surface area contributed by atoms with Crippen LogP contribution in [0.2, 0.25) is 0 Å². The molecule has 0 N–H and O–H groups in total. The molecule has 4 heterocycles. The minimum atomic E-state index is -0.400. The van der Waals surface area contributed by atoms with Crippen molar-refractivity contribution in [2.45, 2.75) is 25.9 Å². The smallest absolute Gasteiger partial charge is 0.187 e. The number of anilines is 1. The summed E-state index contributed by atoms with van der Waals surface area (Å²) < 4.78 is 20.7. The molecule has 2 atom stereocenters. The van der Waals surface area contributed by atoms with Crippen LogP contribution in [0.1, 0.15) is 18.2 Å². The number of aryl methyl sites for hydroxylation is 1. The molecule has 0 aliphatic carbocycles. The standard InChI is InChI=1S/C17H22FN5O/c1-9-6-21(4)7-12-8-24-15-13-16(19-10(2)14(15)18)22(5)11(3)20-17(13)23(9)12/h9,12H,3,6-8H2,1-2,4-5H3. The van der Waals surface area contributed by atoms with Gasteiger partial charge in [-0.15, -0.1) is 0 Å². The molecule has 0 saturated carbocycles. The zero-order valence-corrected chi connectivity index (χ0v) is 14.5. The van der Waals surface area contributed by atoms with E-state index in [-0.39, 0.29) is 17.8 Å². The average molecular weight is 331 g/mol. The van der Waals surface area contributed by atoms with Crippen molar-refractivity contribution in [3.05, 3.63) is 29.5 Å². The highest BCUT2D eigenvalue weighted by Gasteiger charge is 2.42. The Morgan fingerprint density at radius 3 is 2.79 bits per heavy atom. The number of hydrogen-bond acceptors (Lipinski definition) is 6. The van der Waals surface area contributed by atoms with Gasteiger partial charge in [0, 0.05) is 26.2 Å². The number of pyridine rings is 1. The van der Waals surface area contributed by atoms with Crippen molar-refractivity contribution >= 4 is 11.7 Å². The number of amidine groups is 1. The van der Waals surface area contributed by atoms with Gasteiger partial charge in [-0.3, -0.25) is 0 Å². The lowest BCUT2D eigenvalue weighted by atomic mass is 10.0. The highest BCUT2D eigenvalue weighted by atomic mass is 19.1. The molecular weight excluding hydrogens is 309 g/mol. The van der Waals surface area contributed by atoms with Gasteiger partial charge in [-0.1, -0.05) is 6.58 Å². The highest BCUT2D eigenvalue weighted by molar-refractivity contribution is 6.08. The van der Waals surface area contributed by atoms with E-state index in [0.717, 1.165) is 18.9 Å². The summed E-state index contributed by atoms with van der Waals surface area (Å²) in [6.07, 6.45) is 0. The van der Waals surface area contributed by atoms with E-state index < -0.39 is 5.82 Å². The van der Waals surface area contributed by atoms with Crippen molar-refractivity contribution in [1.29, 1.82) is 0 Å². The second-order valence-corrected chi connectivity index (χ2v) is 6.89. The topological polar surface area (TPSA) is 44.2 Å². The number of hydrogen-bond donors (Lipinski definition) is 0. The van der Waals surface area contributed by atoms with Crippen LogP contribution in [0.15, 0.2) is 17.4 Å². The fourth-order valence-electron chi connectivity index (χ4n) is 3.90. The molecule has 1 fully saturated rings. The largest absolute Gasteiger partial charge is 0.487 e. The Hall–Kier alpha value is -2.15. The number of rotatable bonds is 0. The zero-order valence-electron chi connectivity index (χ0n) is 14.5. The van der Waals surface area contributed by atoms with Crippen LogP contribution in [0.25, 0.3) is 0 Å². The molecule has 1 aromatic heterocycles. The van der Waals surface area contributed by atoms with Crippen LogP contribution in [0, 0.1) is 12.7 Å². The van der Waals surface area contributed by atoms with Crippen LogP contribution < -0.4 is 9.64 Å². The average Bonchev–Trinajstić information content (AvgIpc) is 2.67. The van der Waals surface area contributed by atoms with Crippen molar-refractivity contribution in [3.63, 3.8) is 0 Å². The van der Waals surface area contributed by atoms with Crippen LogP contribution in [-0.2, 0) is 0 Å². The quantitative estimate of drug-likeness (QED) is 0.722. The molecule has 3 aliphatic heterocycles. The maximum absolute atomic E-state index is 14.7. The molecule has 0 amide bonds. The monoisotopic (exact) mass is 331 g/mol. The van der Waals surface area contributed by atoms with Gasteiger partial charge in [0.15, 0.2) is 11.6 Å². The third kappa shape index (κ3) is 2.04. The summed E-state index contributed by atoms with van der Waals surface area (Å²) in [5.74, 6) is 1.86. The molecule has 0 bridgehead atoms. The number of likely N-dealkylation sites (N-methyl/N-ethyl adjacent to an activating group) is 1. The summed E-state index contributed by atoms with van der Waals surface area (Å²) in [5, 5.41) is 0. The molecule has 6 nitrogen and oxygen atoms in total. The molecule has 128 valence electrons. The number of aromatic nitrogens is 1. The van der Waals surface area contributed by atoms with Gasteiger partial charge in [0.25, 0.3) is 0 Å². The minimum Gasteiger partial charge on any atom is -0.487 e. The Morgan fingerprint density at radius 2 is 2.04 bits per heavy atom. The predicted octanol–water partition coefficient (Wildman–Crippen LogP) is 1.59. The first kappa shape index (κ1) is 15.4. The van der Waals surface area contributed by atoms with Crippen molar-refractivity contribution in [3.8, 4) is 5.75 Å². The third-order valence-electron chi connectivity index (χ3n) is 5.04. The van der Waals surface area contributed by atoms with E-state index in [0.29, 0.717) is 29.5 Å². The van der Waals surface area contributed by atoms with E-state index in [9.17, 15) is 4.39 Å². The molecule has 24 heavy (non-hydrogen) atoms. The molecule has 2 unspecified atom stereocenters. The van der Waals surface area contributed by atoms with Crippen molar-refractivity contribution in [2.75, 3.05) is 38.7 Å². The fraction of sp³-hybridized carbons (Fsp3) is 0.529. The van der Waals surface area contributed by atoms with Gasteiger partial charge in [0.05, 0.1) is 11.7 Å². The molecule has 7 heteroatoms. The number of ether oxygens (including phenoxy) is 1. The SMILES string of the molecule is C=C1N=C2c3c(nc(C)c(F)c3OCC3CN(C)CC(C)N23)N1C. The fourth-order valence-corrected chi connectivity index (χ4v) is 3.90. The van der Waals surface area contributed by atoms with Crippen LogP contribution in [0.4, 0.5) is 10.2 Å². The molecule has 3 aliphatic rings. The first-order valence-electron chi connectivity index (χ1n) is 8.20. The van der Waals surface area contributed by atoms with Crippen molar-refractivity contribution < 1.29 is 9.13 Å². The van der Waals surface area contributed by atoms with Crippen LogP contribution in [0.3, 0.4) is 0 Å². The van der Waals surface area contributed by atoms with Crippen molar-refractivity contribution in [2.24, 2.45) is 4.99 Å². The number of halogens is 1. The molecule has 0 radical (unpaired) electrons. The van der Waals surface area contributed by atoms with Gasteiger partial charge in [-0.05, 0) is 20.9 Å². The molecule has 1 aromatic rings. The maximum Gasteiger partial charge on any atom is 0.187 e. The van der Waals surface area contributed by atoms with E-state index in [1.165, 1.54) is 0 Å². The minimum absolute atomic E-state index is 0.119. The number of piperazine rings is 1. The molecule has 0 aromatic carbocycles. The Morgan fingerprint density at radius 1 is 1.29 bits per heavy atom. The predicted molar refractivity (Wildman–Crippen MR) is 91.1 cm³/mol. The van der Waals surface area contributed by atoms with E-state index in [2.05, 4.69) is 35.3 Å². The Balaban J connectivity index is 1.96. The van der Waals surface area contributed by atoms with Gasteiger partial charge >= 0.3 is 0 Å². The summed E-state index contributed by atoms with van der Waals surface area (Å²) >= 11 is 0. The lowest BCUT2D eigenvalue weighted by Gasteiger charge is -2.45.